The van der Waals surface area contributed by atoms with Crippen LogP contribution in [0.1, 0.15) is 26.3 Å². The topological polar surface area (TPSA) is 59.1 Å². The maximum Gasteiger partial charge on any atom is 0.266 e. The van der Waals surface area contributed by atoms with Crippen molar-refractivity contribution in [3.8, 4) is 5.75 Å². The van der Waals surface area contributed by atoms with Crippen molar-refractivity contribution >= 4 is 17.5 Å². The Morgan fingerprint density at radius 3 is 2.39 bits per heavy atom. The zero-order chi connectivity index (χ0) is 16.0. The number of epoxide rings is 1. The van der Waals surface area contributed by atoms with Crippen LogP contribution in [0.25, 0.3) is 0 Å². The van der Waals surface area contributed by atoms with E-state index in [1.807, 2.05) is 19.1 Å². The maximum absolute atomic E-state index is 12.6. The van der Waals surface area contributed by atoms with Crippen molar-refractivity contribution in [1.82, 2.24) is 0 Å². The molecule has 2 amide bonds. The molecular weight excluding hydrogens is 294 g/mol. The van der Waals surface area contributed by atoms with Crippen LogP contribution in [0.15, 0.2) is 42.5 Å². The molecule has 0 spiro atoms. The van der Waals surface area contributed by atoms with Gasteiger partial charge in [0.25, 0.3) is 11.8 Å². The van der Waals surface area contributed by atoms with Crippen LogP contribution >= 0.6 is 0 Å². The van der Waals surface area contributed by atoms with Crippen LogP contribution in [-0.2, 0) is 4.74 Å². The summed E-state index contributed by atoms with van der Waals surface area (Å²) in [6.45, 7) is 3.06. The number of carbonyl (C=O) groups excluding carboxylic acids is 2. The van der Waals surface area contributed by atoms with Crippen LogP contribution in [0.2, 0.25) is 0 Å². The van der Waals surface area contributed by atoms with E-state index >= 15 is 0 Å². The zero-order valence-corrected chi connectivity index (χ0v) is 12.6. The molecule has 0 aliphatic carbocycles. The number of amides is 2. The van der Waals surface area contributed by atoms with Gasteiger partial charge < -0.3 is 9.47 Å². The van der Waals surface area contributed by atoms with Crippen molar-refractivity contribution in [1.29, 1.82) is 0 Å². The lowest BCUT2D eigenvalue weighted by molar-refractivity contribution is 0.0926. The number of nitrogens with zero attached hydrogens (tertiary/aromatic N) is 1. The van der Waals surface area contributed by atoms with Gasteiger partial charge in [0.05, 0.1) is 23.4 Å². The molecule has 4 rings (SSSR count). The summed E-state index contributed by atoms with van der Waals surface area (Å²) < 4.78 is 10.8. The molecule has 0 bridgehead atoms. The molecule has 2 heterocycles. The number of hydrogen-bond acceptors (Lipinski definition) is 4. The highest BCUT2D eigenvalue weighted by Gasteiger charge is 2.37. The first-order valence-electron chi connectivity index (χ1n) is 7.48. The minimum absolute atomic E-state index is 0.152. The summed E-state index contributed by atoms with van der Waals surface area (Å²) in [6.07, 6.45) is 0.152. The molecule has 116 valence electrons. The number of benzene rings is 2. The second kappa shape index (κ2) is 5.21. The lowest BCUT2D eigenvalue weighted by atomic mass is 10.1. The Kier molecular flexibility index (Phi) is 3.16. The summed E-state index contributed by atoms with van der Waals surface area (Å²) in [5.74, 6) is 0.0328. The number of aryl methyl sites for hydroxylation is 1. The molecule has 2 aromatic rings. The van der Waals surface area contributed by atoms with E-state index in [4.69, 9.17) is 9.47 Å². The van der Waals surface area contributed by atoms with Crippen molar-refractivity contribution in [2.24, 2.45) is 0 Å². The Labute approximate surface area is 133 Å². The molecule has 23 heavy (non-hydrogen) atoms. The smallest absolute Gasteiger partial charge is 0.266 e. The average Bonchev–Trinajstić information content (AvgIpc) is 3.35. The third kappa shape index (κ3) is 2.39. The fourth-order valence-electron chi connectivity index (χ4n) is 2.68. The van der Waals surface area contributed by atoms with Crippen molar-refractivity contribution in [2.75, 3.05) is 18.1 Å². The molecule has 1 fully saturated rings. The summed E-state index contributed by atoms with van der Waals surface area (Å²) in [6, 6.07) is 12.3. The summed E-state index contributed by atoms with van der Waals surface area (Å²) in [5.41, 5.74) is 2.28. The van der Waals surface area contributed by atoms with E-state index in [1.165, 1.54) is 4.90 Å². The predicted octanol–water partition coefficient (Wildman–Crippen LogP) is 2.57. The van der Waals surface area contributed by atoms with Gasteiger partial charge in [0, 0.05) is 6.07 Å². The summed E-state index contributed by atoms with van der Waals surface area (Å²) in [4.78, 5) is 26.4. The van der Waals surface area contributed by atoms with Gasteiger partial charge >= 0.3 is 0 Å². The number of ether oxygens (including phenoxy) is 2. The zero-order valence-electron chi connectivity index (χ0n) is 12.6. The summed E-state index contributed by atoms with van der Waals surface area (Å²) >= 11 is 0. The third-order valence-corrected chi connectivity index (χ3v) is 4.05. The molecule has 5 nitrogen and oxygen atoms in total. The number of anilines is 1. The molecular formula is C18H15NO4. The maximum atomic E-state index is 12.6. The van der Waals surface area contributed by atoms with Crippen LogP contribution in [0.3, 0.4) is 0 Å². The van der Waals surface area contributed by atoms with Crippen LogP contribution in [0.4, 0.5) is 5.69 Å². The van der Waals surface area contributed by atoms with Gasteiger partial charge in [-0.3, -0.25) is 9.59 Å². The molecule has 1 unspecified atom stereocenters. The van der Waals surface area contributed by atoms with Gasteiger partial charge in [-0.25, -0.2) is 4.90 Å². The van der Waals surface area contributed by atoms with Gasteiger partial charge in [0.2, 0.25) is 0 Å². The highest BCUT2D eigenvalue weighted by Crippen LogP contribution is 2.33. The largest absolute Gasteiger partial charge is 0.491 e. The van der Waals surface area contributed by atoms with Gasteiger partial charge in [-0.1, -0.05) is 18.2 Å². The van der Waals surface area contributed by atoms with Gasteiger partial charge in [-0.15, -0.1) is 0 Å². The SMILES string of the molecule is Cc1ccc(OCC2CO2)cc1N1C(=O)c2ccccc2C1=O. The fourth-order valence-corrected chi connectivity index (χ4v) is 2.68. The number of rotatable bonds is 4. The molecule has 0 radical (unpaired) electrons. The van der Waals surface area contributed by atoms with Gasteiger partial charge in [-0.05, 0) is 30.7 Å². The highest BCUT2D eigenvalue weighted by atomic mass is 16.6. The molecule has 2 aliphatic heterocycles. The first-order chi connectivity index (χ1) is 11.1. The van der Waals surface area contributed by atoms with E-state index in [2.05, 4.69) is 0 Å². The van der Waals surface area contributed by atoms with Gasteiger partial charge in [0.15, 0.2) is 0 Å². The highest BCUT2D eigenvalue weighted by molar-refractivity contribution is 6.34. The van der Waals surface area contributed by atoms with E-state index in [0.29, 0.717) is 29.2 Å². The van der Waals surface area contributed by atoms with Crippen molar-refractivity contribution in [3.63, 3.8) is 0 Å². The van der Waals surface area contributed by atoms with E-state index in [9.17, 15) is 9.59 Å². The van der Waals surface area contributed by atoms with E-state index in [0.717, 1.165) is 12.2 Å². The third-order valence-electron chi connectivity index (χ3n) is 4.05. The predicted molar refractivity (Wildman–Crippen MR) is 84.0 cm³/mol. The Morgan fingerprint density at radius 2 is 1.78 bits per heavy atom. The molecule has 0 aromatic heterocycles. The number of hydrogen-bond donors (Lipinski definition) is 0. The van der Waals surface area contributed by atoms with Crippen LogP contribution < -0.4 is 9.64 Å². The van der Waals surface area contributed by atoms with Crippen LogP contribution in [0.5, 0.6) is 5.75 Å². The molecule has 2 aliphatic rings. The van der Waals surface area contributed by atoms with Gasteiger partial charge in [-0.2, -0.15) is 0 Å². The van der Waals surface area contributed by atoms with Crippen molar-refractivity contribution in [3.05, 3.63) is 59.2 Å². The minimum Gasteiger partial charge on any atom is -0.491 e. The Balaban J connectivity index is 1.68. The quantitative estimate of drug-likeness (QED) is 0.643. The molecule has 5 heteroatoms. The number of imide groups is 1. The molecule has 1 saturated heterocycles. The standard InChI is InChI=1S/C18H15NO4/c1-11-6-7-12(22-9-13-10-23-13)8-16(11)19-17(20)14-4-2-3-5-15(14)18(19)21/h2-8,13H,9-10H2,1H3. The average molecular weight is 309 g/mol. The fraction of sp³-hybridized carbons (Fsp3) is 0.222. The summed E-state index contributed by atoms with van der Waals surface area (Å²) in [5, 5.41) is 0. The second-order valence-corrected chi connectivity index (χ2v) is 5.71. The Morgan fingerprint density at radius 1 is 1.13 bits per heavy atom. The van der Waals surface area contributed by atoms with Crippen molar-refractivity contribution < 1.29 is 19.1 Å². The van der Waals surface area contributed by atoms with Crippen molar-refractivity contribution in [2.45, 2.75) is 13.0 Å². The first-order valence-corrected chi connectivity index (χ1v) is 7.48. The number of carbonyl (C=O) groups is 2. The van der Waals surface area contributed by atoms with E-state index < -0.39 is 0 Å². The monoisotopic (exact) mass is 309 g/mol. The molecule has 0 N–H and O–H groups in total. The number of fused-ring (bicyclic) bond motifs is 1. The Hall–Kier alpha value is -2.66. The van der Waals surface area contributed by atoms with Crippen LogP contribution in [0, 0.1) is 6.92 Å². The van der Waals surface area contributed by atoms with Gasteiger partial charge in [0.1, 0.15) is 18.5 Å². The summed E-state index contributed by atoms with van der Waals surface area (Å²) in [7, 11) is 0. The lowest BCUT2D eigenvalue weighted by Gasteiger charge is -2.18. The Bertz CT molecular complexity index is 775. The molecule has 2 aromatic carbocycles. The second-order valence-electron chi connectivity index (χ2n) is 5.71. The lowest BCUT2D eigenvalue weighted by Crippen LogP contribution is -2.30. The van der Waals surface area contributed by atoms with E-state index in [-0.39, 0.29) is 17.9 Å². The first kappa shape index (κ1) is 14.0. The molecule has 0 saturated carbocycles. The van der Waals surface area contributed by atoms with E-state index in [1.54, 1.807) is 30.3 Å². The normalized spacial score (nSPS) is 19.0. The van der Waals surface area contributed by atoms with Crippen LogP contribution in [-0.4, -0.2) is 31.1 Å². The minimum atomic E-state index is -0.295. The molecule has 1 atom stereocenters.